The summed E-state index contributed by atoms with van der Waals surface area (Å²) in [5.41, 5.74) is 5.22. The maximum absolute atomic E-state index is 14.5. The number of carbonyl (C=O) groups excluding carboxylic acids is 2. The van der Waals surface area contributed by atoms with Gasteiger partial charge in [0.2, 0.25) is 0 Å². The zero-order valence-electron chi connectivity index (χ0n) is 20.9. The topological polar surface area (TPSA) is 138 Å². The first-order chi connectivity index (χ1) is 18.8. The first kappa shape index (κ1) is 24.4. The molecule has 2 aromatic heterocycles. The number of fused-ring (bicyclic) bond motifs is 3. The Hall–Kier alpha value is -4.93. The highest BCUT2D eigenvalue weighted by molar-refractivity contribution is 5.98. The van der Waals surface area contributed by atoms with Crippen molar-refractivity contribution in [1.82, 2.24) is 25.2 Å². The third-order valence-corrected chi connectivity index (χ3v) is 7.28. The zero-order valence-corrected chi connectivity index (χ0v) is 20.9. The molecule has 3 N–H and O–H groups in total. The molecule has 10 nitrogen and oxygen atoms in total. The molecule has 2 amide bonds. The Kier molecular flexibility index (Phi) is 5.90. The normalized spacial score (nSPS) is 15.3. The SMILES string of the molecule is Cc1c(C(=O)O)ccc2c1CC[C@@H]2NC(=O)c1cc(C(=O)NCc2ccc3c(c2)CN=C3)nc2c(F)cnn12. The van der Waals surface area contributed by atoms with Gasteiger partial charge in [-0.3, -0.25) is 14.6 Å². The molecule has 2 aromatic carbocycles. The zero-order chi connectivity index (χ0) is 27.3. The van der Waals surface area contributed by atoms with Crippen molar-refractivity contribution in [3.63, 3.8) is 0 Å². The van der Waals surface area contributed by atoms with Crippen LogP contribution in [-0.2, 0) is 19.5 Å². The number of carboxylic acid groups (broad SMARTS) is 1. The van der Waals surface area contributed by atoms with Crippen molar-refractivity contribution in [1.29, 1.82) is 0 Å². The Morgan fingerprint density at radius 3 is 2.82 bits per heavy atom. The summed E-state index contributed by atoms with van der Waals surface area (Å²) in [4.78, 5) is 46.2. The highest BCUT2D eigenvalue weighted by atomic mass is 19.1. The second-order valence-electron chi connectivity index (χ2n) is 9.62. The van der Waals surface area contributed by atoms with Gasteiger partial charge in [0.1, 0.15) is 11.4 Å². The lowest BCUT2D eigenvalue weighted by atomic mass is 9.98. The molecule has 0 bridgehead atoms. The fourth-order valence-corrected chi connectivity index (χ4v) is 5.26. The van der Waals surface area contributed by atoms with Crippen LogP contribution in [0.4, 0.5) is 4.39 Å². The molecular weight excluding hydrogens is 503 g/mol. The number of carboxylic acids is 1. The third-order valence-electron chi connectivity index (χ3n) is 7.28. The molecule has 0 saturated carbocycles. The molecule has 2 aliphatic rings. The number of aromatic nitrogens is 3. The second kappa shape index (κ2) is 9.43. The summed E-state index contributed by atoms with van der Waals surface area (Å²) in [5, 5.41) is 19.1. The van der Waals surface area contributed by atoms with Gasteiger partial charge in [0, 0.05) is 18.8 Å². The van der Waals surface area contributed by atoms with Gasteiger partial charge in [-0.15, -0.1) is 0 Å². The van der Waals surface area contributed by atoms with Gasteiger partial charge >= 0.3 is 5.97 Å². The van der Waals surface area contributed by atoms with Crippen LogP contribution in [-0.4, -0.2) is 43.7 Å². The van der Waals surface area contributed by atoms with Crippen molar-refractivity contribution in [3.8, 4) is 0 Å². The van der Waals surface area contributed by atoms with E-state index in [0.29, 0.717) is 24.9 Å². The summed E-state index contributed by atoms with van der Waals surface area (Å²) in [5.74, 6) is -2.89. The summed E-state index contributed by atoms with van der Waals surface area (Å²) in [6.07, 6.45) is 3.93. The Balaban J connectivity index is 1.25. The molecule has 0 fully saturated rings. The molecule has 1 atom stereocenters. The summed E-state index contributed by atoms with van der Waals surface area (Å²) >= 11 is 0. The van der Waals surface area contributed by atoms with Gasteiger partial charge in [-0.25, -0.2) is 18.7 Å². The molecule has 0 saturated heterocycles. The number of hydrogen-bond donors (Lipinski definition) is 3. The predicted octanol–water partition coefficient (Wildman–Crippen LogP) is 3.15. The standard InChI is InChI=1S/C28H23FN6O4/c1-14-18-6-7-22(20(18)5-4-19(14)28(38)39)34-27(37)24-9-23(33-25-21(29)13-32-35(24)25)26(36)31-10-15-2-3-16-11-30-12-17(16)8-15/h2-5,8-9,11,13,22H,6-7,10,12H2,1H3,(H,31,36)(H,34,37)(H,38,39)/t22-/m0/s1. The van der Waals surface area contributed by atoms with Crippen LogP contribution >= 0.6 is 0 Å². The van der Waals surface area contributed by atoms with Crippen molar-refractivity contribution < 1.29 is 23.9 Å². The van der Waals surface area contributed by atoms with E-state index in [2.05, 4.69) is 25.7 Å². The molecular formula is C28H23FN6O4. The number of nitrogens with zero attached hydrogens (tertiary/aromatic N) is 4. The second-order valence-corrected chi connectivity index (χ2v) is 9.62. The van der Waals surface area contributed by atoms with Crippen molar-refractivity contribution in [2.75, 3.05) is 0 Å². The molecule has 196 valence electrons. The molecule has 11 heteroatoms. The lowest BCUT2D eigenvalue weighted by Gasteiger charge is -2.16. The van der Waals surface area contributed by atoms with E-state index in [9.17, 15) is 23.9 Å². The van der Waals surface area contributed by atoms with Gasteiger partial charge in [-0.05, 0) is 59.2 Å². The third kappa shape index (κ3) is 4.31. The molecule has 1 aliphatic carbocycles. The van der Waals surface area contributed by atoms with E-state index in [1.54, 1.807) is 13.0 Å². The van der Waals surface area contributed by atoms with E-state index in [-0.39, 0.29) is 35.2 Å². The number of aromatic carboxylic acids is 1. The van der Waals surface area contributed by atoms with Crippen molar-refractivity contribution in [2.24, 2.45) is 4.99 Å². The first-order valence-corrected chi connectivity index (χ1v) is 12.4. The van der Waals surface area contributed by atoms with E-state index < -0.39 is 23.6 Å². The molecule has 4 aromatic rings. The summed E-state index contributed by atoms with van der Waals surface area (Å²) in [6.45, 7) is 2.58. The quantitative estimate of drug-likeness (QED) is 0.353. The van der Waals surface area contributed by atoms with Crippen LogP contribution < -0.4 is 10.6 Å². The van der Waals surface area contributed by atoms with Gasteiger partial charge in [0.05, 0.1) is 24.3 Å². The van der Waals surface area contributed by atoms with E-state index in [1.807, 2.05) is 24.4 Å². The number of nitrogens with one attached hydrogen (secondary N) is 2. The fourth-order valence-electron chi connectivity index (χ4n) is 5.26. The van der Waals surface area contributed by atoms with Gasteiger partial charge in [0.25, 0.3) is 11.8 Å². The maximum Gasteiger partial charge on any atom is 0.335 e. The Morgan fingerprint density at radius 2 is 2.00 bits per heavy atom. The monoisotopic (exact) mass is 526 g/mol. The summed E-state index contributed by atoms with van der Waals surface area (Å²) in [7, 11) is 0. The van der Waals surface area contributed by atoms with E-state index in [4.69, 9.17) is 0 Å². The number of halogens is 1. The molecule has 0 unspecified atom stereocenters. The first-order valence-electron chi connectivity index (χ1n) is 12.4. The predicted molar refractivity (Wildman–Crippen MR) is 139 cm³/mol. The van der Waals surface area contributed by atoms with Gasteiger partial charge in [-0.1, -0.05) is 24.3 Å². The number of aliphatic imine (C=N–C) groups is 1. The average molecular weight is 527 g/mol. The smallest absolute Gasteiger partial charge is 0.335 e. The molecule has 6 rings (SSSR count). The van der Waals surface area contributed by atoms with Gasteiger partial charge in [0.15, 0.2) is 11.5 Å². The van der Waals surface area contributed by atoms with Crippen LogP contribution in [0.2, 0.25) is 0 Å². The van der Waals surface area contributed by atoms with Crippen LogP contribution in [0.5, 0.6) is 0 Å². The largest absolute Gasteiger partial charge is 0.478 e. The number of hydrogen-bond acceptors (Lipinski definition) is 6. The van der Waals surface area contributed by atoms with Crippen molar-refractivity contribution >= 4 is 29.6 Å². The van der Waals surface area contributed by atoms with Crippen molar-refractivity contribution in [2.45, 2.75) is 38.9 Å². The van der Waals surface area contributed by atoms with Crippen LogP contribution in [0.3, 0.4) is 0 Å². The minimum Gasteiger partial charge on any atom is -0.478 e. The Bertz CT molecular complexity index is 1730. The Labute approximate surface area is 221 Å². The number of benzene rings is 2. The number of carbonyl (C=O) groups is 3. The summed E-state index contributed by atoms with van der Waals surface area (Å²) < 4.78 is 15.6. The Morgan fingerprint density at radius 1 is 1.15 bits per heavy atom. The van der Waals surface area contributed by atoms with Crippen LogP contribution in [0.25, 0.3) is 5.65 Å². The molecule has 0 spiro atoms. The van der Waals surface area contributed by atoms with Gasteiger partial charge < -0.3 is 15.7 Å². The molecule has 39 heavy (non-hydrogen) atoms. The van der Waals surface area contributed by atoms with E-state index in [1.165, 1.54) is 12.1 Å². The van der Waals surface area contributed by atoms with E-state index in [0.717, 1.165) is 38.5 Å². The minimum atomic E-state index is -1.00. The fraction of sp³-hybridized carbons (Fsp3) is 0.214. The summed E-state index contributed by atoms with van der Waals surface area (Å²) in [6, 6.07) is 9.95. The number of amides is 2. The van der Waals surface area contributed by atoms with Crippen LogP contribution in [0.15, 0.2) is 47.6 Å². The minimum absolute atomic E-state index is 0.0453. The average Bonchev–Trinajstić information content (AvgIpc) is 3.65. The highest BCUT2D eigenvalue weighted by Gasteiger charge is 2.29. The lowest BCUT2D eigenvalue weighted by Crippen LogP contribution is -2.30. The van der Waals surface area contributed by atoms with E-state index >= 15 is 0 Å². The molecule has 3 heterocycles. The molecule has 1 aliphatic heterocycles. The van der Waals surface area contributed by atoms with Crippen molar-refractivity contribution in [3.05, 3.63) is 98.7 Å². The van der Waals surface area contributed by atoms with Crippen LogP contribution in [0, 0.1) is 12.7 Å². The highest BCUT2D eigenvalue weighted by Crippen LogP contribution is 2.35. The van der Waals surface area contributed by atoms with Crippen LogP contribution in [0.1, 0.15) is 77.2 Å². The molecule has 0 radical (unpaired) electrons. The number of rotatable bonds is 6. The van der Waals surface area contributed by atoms with Gasteiger partial charge in [-0.2, -0.15) is 5.10 Å². The maximum atomic E-state index is 14.5. The lowest BCUT2D eigenvalue weighted by molar-refractivity contribution is 0.0695.